The Balaban J connectivity index is 1.44. The summed E-state index contributed by atoms with van der Waals surface area (Å²) in [6.07, 6.45) is 7.37. The first-order chi connectivity index (χ1) is 18.4. The summed E-state index contributed by atoms with van der Waals surface area (Å²) in [6, 6.07) is 15.7. The summed E-state index contributed by atoms with van der Waals surface area (Å²) >= 11 is 9.66. The molecule has 4 aromatic rings. The molecule has 0 bridgehead atoms. The highest BCUT2D eigenvalue weighted by Gasteiger charge is 2.31. The Hall–Kier alpha value is -2.90. The van der Waals surface area contributed by atoms with Crippen LogP contribution in [0.5, 0.6) is 0 Å². The topological polar surface area (TPSA) is 59.6 Å². The standard InChI is InChI=1S/C30H30BrClN4O2/c1-19-7-10-23(11-8-19)35-28-22(15-20-5-3-2-4-6-20)17-33-36(28)27-18-34(14-13-24(27)30(35)38)29(37)21-9-12-25(31)26(32)16-21/h2-6,9,12,16-17,19,23H,7-8,10-11,13-15,18H2,1H3. The van der Waals surface area contributed by atoms with Crippen LogP contribution in [0.2, 0.25) is 5.02 Å². The highest BCUT2D eigenvalue weighted by atomic mass is 79.9. The van der Waals surface area contributed by atoms with E-state index in [0.717, 1.165) is 52.6 Å². The lowest BCUT2D eigenvalue weighted by atomic mass is 9.87. The molecule has 8 heteroatoms. The molecule has 6 nitrogen and oxygen atoms in total. The van der Waals surface area contributed by atoms with Crippen molar-refractivity contribution in [2.24, 2.45) is 5.92 Å². The van der Waals surface area contributed by atoms with Crippen LogP contribution in [0.3, 0.4) is 0 Å². The molecule has 1 aliphatic carbocycles. The summed E-state index contributed by atoms with van der Waals surface area (Å²) < 4.78 is 4.74. The third-order valence-corrected chi connectivity index (χ3v) is 9.37. The second kappa shape index (κ2) is 10.3. The number of benzene rings is 2. The van der Waals surface area contributed by atoms with E-state index in [1.165, 1.54) is 5.56 Å². The van der Waals surface area contributed by atoms with Gasteiger partial charge in [0, 0.05) is 40.2 Å². The van der Waals surface area contributed by atoms with Crippen LogP contribution in [0.15, 0.2) is 64.0 Å². The van der Waals surface area contributed by atoms with E-state index >= 15 is 0 Å². The van der Waals surface area contributed by atoms with Crippen LogP contribution >= 0.6 is 27.5 Å². The molecule has 0 atom stereocenters. The monoisotopic (exact) mass is 592 g/mol. The van der Waals surface area contributed by atoms with Crippen molar-refractivity contribution in [2.75, 3.05) is 6.54 Å². The second-order valence-electron chi connectivity index (χ2n) is 10.7. The minimum Gasteiger partial charge on any atom is -0.332 e. The van der Waals surface area contributed by atoms with Gasteiger partial charge in [0.1, 0.15) is 5.65 Å². The minimum atomic E-state index is -0.0969. The van der Waals surface area contributed by atoms with Gasteiger partial charge in [0.15, 0.2) is 0 Å². The van der Waals surface area contributed by atoms with Gasteiger partial charge in [-0.15, -0.1) is 0 Å². The molecular weight excluding hydrogens is 564 g/mol. The molecule has 0 unspecified atom stereocenters. The molecule has 1 aliphatic heterocycles. The zero-order chi connectivity index (χ0) is 26.4. The molecule has 0 N–H and O–H groups in total. The second-order valence-corrected chi connectivity index (χ2v) is 11.9. The number of amides is 1. The van der Waals surface area contributed by atoms with E-state index in [4.69, 9.17) is 16.7 Å². The smallest absolute Gasteiger partial charge is 0.257 e. The number of carbonyl (C=O) groups excluding carboxylic acids is 1. The first-order valence-corrected chi connectivity index (χ1v) is 14.5. The molecule has 0 saturated heterocycles. The van der Waals surface area contributed by atoms with Crippen LogP contribution in [0.1, 0.15) is 71.4 Å². The molecule has 1 saturated carbocycles. The van der Waals surface area contributed by atoms with Gasteiger partial charge >= 0.3 is 0 Å². The van der Waals surface area contributed by atoms with Gasteiger partial charge in [-0.1, -0.05) is 48.9 Å². The lowest BCUT2D eigenvalue weighted by molar-refractivity contribution is 0.0729. The molecule has 6 rings (SSSR count). The number of rotatable bonds is 4. The number of fused-ring (bicyclic) bond motifs is 3. The SMILES string of the molecule is CC1CCC(n2c(=O)c3c(n4ncc(Cc5ccccc5)c24)CN(C(=O)c2ccc(Br)c(Cl)c2)CC3)CC1. The van der Waals surface area contributed by atoms with E-state index in [2.05, 4.69) is 35.0 Å². The first kappa shape index (κ1) is 25.4. The average molecular weight is 594 g/mol. The highest BCUT2D eigenvalue weighted by Crippen LogP contribution is 2.34. The van der Waals surface area contributed by atoms with E-state index in [1.807, 2.05) is 33.5 Å². The van der Waals surface area contributed by atoms with Crippen molar-refractivity contribution in [1.29, 1.82) is 0 Å². The maximum absolute atomic E-state index is 14.1. The average Bonchev–Trinajstić information content (AvgIpc) is 3.34. The van der Waals surface area contributed by atoms with Crippen LogP contribution in [0, 0.1) is 5.92 Å². The summed E-state index contributed by atoms with van der Waals surface area (Å²) in [4.78, 5) is 29.4. The lowest BCUT2D eigenvalue weighted by Gasteiger charge is -2.33. The zero-order valence-corrected chi connectivity index (χ0v) is 23.7. The summed E-state index contributed by atoms with van der Waals surface area (Å²) in [5.74, 6) is 0.594. The van der Waals surface area contributed by atoms with Gasteiger partial charge in [-0.05, 0) is 77.7 Å². The van der Waals surface area contributed by atoms with E-state index in [9.17, 15) is 9.59 Å². The molecule has 3 heterocycles. The maximum Gasteiger partial charge on any atom is 0.257 e. The lowest BCUT2D eigenvalue weighted by Crippen LogP contribution is -2.42. The Bertz CT molecular complexity index is 1570. The van der Waals surface area contributed by atoms with Crippen molar-refractivity contribution in [1.82, 2.24) is 19.1 Å². The third-order valence-electron chi connectivity index (χ3n) is 8.14. The van der Waals surface area contributed by atoms with Crippen LogP contribution in [0.4, 0.5) is 0 Å². The Morgan fingerprint density at radius 2 is 1.87 bits per heavy atom. The quantitative estimate of drug-likeness (QED) is 0.273. The van der Waals surface area contributed by atoms with Gasteiger partial charge in [0.25, 0.3) is 11.5 Å². The molecule has 2 aliphatic rings. The number of nitrogens with zero attached hydrogens (tertiary/aromatic N) is 4. The van der Waals surface area contributed by atoms with Crippen LogP contribution in [-0.2, 0) is 19.4 Å². The van der Waals surface area contributed by atoms with Crippen LogP contribution < -0.4 is 5.56 Å². The fourth-order valence-corrected chi connectivity index (χ4v) is 6.44. The Kier molecular flexibility index (Phi) is 6.91. The molecule has 1 amide bonds. The van der Waals surface area contributed by atoms with Crippen molar-refractivity contribution in [3.63, 3.8) is 0 Å². The van der Waals surface area contributed by atoms with E-state index in [0.29, 0.717) is 42.4 Å². The summed E-state index contributed by atoms with van der Waals surface area (Å²) in [5.41, 5.74) is 5.31. The predicted octanol–water partition coefficient (Wildman–Crippen LogP) is 6.45. The van der Waals surface area contributed by atoms with Crippen molar-refractivity contribution >= 4 is 39.1 Å². The van der Waals surface area contributed by atoms with Gasteiger partial charge in [-0.25, -0.2) is 4.52 Å². The van der Waals surface area contributed by atoms with E-state index < -0.39 is 0 Å². The number of aromatic nitrogens is 3. The summed E-state index contributed by atoms with van der Waals surface area (Å²) in [5, 5.41) is 5.32. The highest BCUT2D eigenvalue weighted by molar-refractivity contribution is 9.10. The van der Waals surface area contributed by atoms with E-state index in [-0.39, 0.29) is 17.5 Å². The van der Waals surface area contributed by atoms with Crippen LogP contribution in [-0.4, -0.2) is 31.5 Å². The minimum absolute atomic E-state index is 0.0839. The predicted molar refractivity (Wildman–Crippen MR) is 153 cm³/mol. The fourth-order valence-electron chi connectivity index (χ4n) is 6.01. The first-order valence-electron chi connectivity index (χ1n) is 13.3. The molecule has 2 aromatic carbocycles. The third kappa shape index (κ3) is 4.60. The molecule has 196 valence electrons. The molecule has 0 radical (unpaired) electrons. The van der Waals surface area contributed by atoms with Crippen molar-refractivity contribution in [3.05, 3.63) is 103 Å². The number of carbonyl (C=O) groups is 1. The van der Waals surface area contributed by atoms with E-state index in [1.54, 1.807) is 23.1 Å². The maximum atomic E-state index is 14.1. The number of halogens is 2. The van der Waals surface area contributed by atoms with Crippen LogP contribution in [0.25, 0.3) is 5.65 Å². The van der Waals surface area contributed by atoms with Gasteiger partial charge in [0.05, 0.1) is 23.5 Å². The molecule has 2 aromatic heterocycles. The Morgan fingerprint density at radius 3 is 2.61 bits per heavy atom. The Morgan fingerprint density at radius 1 is 1.11 bits per heavy atom. The summed E-state index contributed by atoms with van der Waals surface area (Å²) in [7, 11) is 0. The molecule has 1 fully saturated rings. The largest absolute Gasteiger partial charge is 0.332 e. The van der Waals surface area contributed by atoms with Gasteiger partial charge in [-0.3, -0.25) is 14.2 Å². The van der Waals surface area contributed by atoms with Crippen molar-refractivity contribution in [3.8, 4) is 0 Å². The van der Waals surface area contributed by atoms with Gasteiger partial charge in [0.2, 0.25) is 0 Å². The normalized spacial score (nSPS) is 19.5. The number of hydrogen-bond acceptors (Lipinski definition) is 3. The molecular formula is C30H30BrClN4O2. The Labute approximate surface area is 235 Å². The zero-order valence-electron chi connectivity index (χ0n) is 21.4. The summed E-state index contributed by atoms with van der Waals surface area (Å²) in [6.45, 7) is 3.12. The fraction of sp³-hybridized carbons (Fsp3) is 0.367. The van der Waals surface area contributed by atoms with Gasteiger partial charge in [-0.2, -0.15) is 5.10 Å². The van der Waals surface area contributed by atoms with Crippen molar-refractivity contribution in [2.45, 2.75) is 58.0 Å². The van der Waals surface area contributed by atoms with Crippen molar-refractivity contribution < 1.29 is 4.79 Å². The van der Waals surface area contributed by atoms with Gasteiger partial charge < -0.3 is 4.90 Å². The molecule has 0 spiro atoms. The molecule has 38 heavy (non-hydrogen) atoms. The number of hydrogen-bond donors (Lipinski definition) is 0.